The first-order valence-corrected chi connectivity index (χ1v) is 6.23. The molecule has 0 amide bonds. The molecule has 2 fully saturated rings. The first-order valence-electron chi connectivity index (χ1n) is 6.23. The highest BCUT2D eigenvalue weighted by molar-refractivity contribution is 4.88. The molecule has 1 saturated carbocycles. The Labute approximate surface area is 87.4 Å². The Kier molecular flexibility index (Phi) is 3.82. The normalized spacial score (nSPS) is 38.8. The minimum absolute atomic E-state index is 0.784. The van der Waals surface area contributed by atoms with Gasteiger partial charge >= 0.3 is 0 Å². The summed E-state index contributed by atoms with van der Waals surface area (Å²) < 4.78 is 5.59. The van der Waals surface area contributed by atoms with Crippen LogP contribution >= 0.6 is 0 Å². The Morgan fingerprint density at radius 1 is 1.21 bits per heavy atom. The van der Waals surface area contributed by atoms with Crippen LogP contribution in [0.15, 0.2) is 0 Å². The predicted molar refractivity (Wildman–Crippen MR) is 58.3 cm³/mol. The van der Waals surface area contributed by atoms with E-state index >= 15 is 0 Å². The van der Waals surface area contributed by atoms with Crippen molar-refractivity contribution in [3.63, 3.8) is 0 Å². The van der Waals surface area contributed by atoms with Crippen molar-refractivity contribution < 1.29 is 4.74 Å². The summed E-state index contributed by atoms with van der Waals surface area (Å²) in [7, 11) is 0. The summed E-state index contributed by atoms with van der Waals surface area (Å²) in [6, 6.07) is 0.784. The number of nitrogens with one attached hydrogen (secondary N) is 1. The summed E-state index contributed by atoms with van der Waals surface area (Å²) in [5.74, 6) is 1.74. The molecule has 2 aliphatic rings. The standard InChI is InChI=1S/C12H23NO/c1-2-13-12-7-3-6-11(12)10-5-4-8-14-9-10/h10-13H,2-9H2,1H3. The zero-order chi connectivity index (χ0) is 9.80. The third-order valence-electron chi connectivity index (χ3n) is 3.84. The van der Waals surface area contributed by atoms with Crippen molar-refractivity contribution in [2.75, 3.05) is 19.8 Å². The maximum absolute atomic E-state index is 5.59. The molecule has 2 rings (SSSR count). The second-order valence-electron chi connectivity index (χ2n) is 4.74. The predicted octanol–water partition coefficient (Wildman–Crippen LogP) is 2.19. The third-order valence-corrected chi connectivity index (χ3v) is 3.84. The maximum Gasteiger partial charge on any atom is 0.0497 e. The van der Waals surface area contributed by atoms with E-state index in [0.717, 1.165) is 37.6 Å². The fraction of sp³-hybridized carbons (Fsp3) is 1.00. The van der Waals surface area contributed by atoms with Gasteiger partial charge in [-0.1, -0.05) is 13.3 Å². The van der Waals surface area contributed by atoms with E-state index in [1.54, 1.807) is 0 Å². The van der Waals surface area contributed by atoms with Crippen LogP contribution in [0.2, 0.25) is 0 Å². The molecule has 0 radical (unpaired) electrons. The minimum Gasteiger partial charge on any atom is -0.381 e. The van der Waals surface area contributed by atoms with Crippen molar-refractivity contribution in [1.29, 1.82) is 0 Å². The van der Waals surface area contributed by atoms with Crippen LogP contribution in [0, 0.1) is 11.8 Å². The summed E-state index contributed by atoms with van der Waals surface area (Å²) in [5, 5.41) is 3.64. The van der Waals surface area contributed by atoms with Crippen LogP contribution in [0.3, 0.4) is 0 Å². The molecular weight excluding hydrogens is 174 g/mol. The minimum atomic E-state index is 0.784. The molecule has 2 heteroatoms. The second-order valence-corrected chi connectivity index (χ2v) is 4.74. The molecule has 1 heterocycles. The van der Waals surface area contributed by atoms with Gasteiger partial charge in [0.15, 0.2) is 0 Å². The zero-order valence-corrected chi connectivity index (χ0v) is 9.30. The van der Waals surface area contributed by atoms with Crippen LogP contribution in [0.4, 0.5) is 0 Å². The molecule has 0 aromatic carbocycles. The monoisotopic (exact) mass is 197 g/mol. The van der Waals surface area contributed by atoms with Crippen LogP contribution in [-0.2, 0) is 4.74 Å². The average Bonchev–Trinajstić information content (AvgIpc) is 2.68. The van der Waals surface area contributed by atoms with Crippen LogP contribution in [0.1, 0.15) is 39.0 Å². The van der Waals surface area contributed by atoms with Gasteiger partial charge < -0.3 is 10.1 Å². The number of hydrogen-bond donors (Lipinski definition) is 1. The Bertz CT molecular complexity index is 166. The SMILES string of the molecule is CCNC1CCCC1C1CCCOC1. The van der Waals surface area contributed by atoms with Crippen molar-refractivity contribution in [2.45, 2.75) is 45.1 Å². The number of rotatable bonds is 3. The van der Waals surface area contributed by atoms with E-state index in [-0.39, 0.29) is 0 Å². The van der Waals surface area contributed by atoms with Gasteiger partial charge in [-0.25, -0.2) is 0 Å². The van der Waals surface area contributed by atoms with Gasteiger partial charge in [0.2, 0.25) is 0 Å². The molecular formula is C12H23NO. The van der Waals surface area contributed by atoms with Crippen molar-refractivity contribution in [1.82, 2.24) is 5.32 Å². The molecule has 0 aromatic heterocycles. The molecule has 82 valence electrons. The van der Waals surface area contributed by atoms with Gasteiger partial charge in [0.25, 0.3) is 0 Å². The van der Waals surface area contributed by atoms with Crippen molar-refractivity contribution in [3.8, 4) is 0 Å². The highest BCUT2D eigenvalue weighted by Crippen LogP contribution is 2.35. The van der Waals surface area contributed by atoms with Crippen LogP contribution in [0.5, 0.6) is 0 Å². The zero-order valence-electron chi connectivity index (χ0n) is 9.30. The molecule has 0 bridgehead atoms. The van der Waals surface area contributed by atoms with Gasteiger partial charge in [-0.15, -0.1) is 0 Å². The number of hydrogen-bond acceptors (Lipinski definition) is 2. The molecule has 1 N–H and O–H groups in total. The molecule has 3 atom stereocenters. The van der Waals surface area contributed by atoms with Crippen LogP contribution < -0.4 is 5.32 Å². The van der Waals surface area contributed by atoms with E-state index < -0.39 is 0 Å². The van der Waals surface area contributed by atoms with Gasteiger partial charge in [0, 0.05) is 19.3 Å². The Morgan fingerprint density at radius 3 is 2.86 bits per heavy atom. The summed E-state index contributed by atoms with van der Waals surface area (Å²) in [6.07, 6.45) is 6.89. The quantitative estimate of drug-likeness (QED) is 0.749. The summed E-state index contributed by atoms with van der Waals surface area (Å²) in [4.78, 5) is 0. The van der Waals surface area contributed by atoms with Gasteiger partial charge in [0.1, 0.15) is 0 Å². The van der Waals surface area contributed by atoms with Gasteiger partial charge in [0.05, 0.1) is 0 Å². The first-order chi connectivity index (χ1) is 6.92. The molecule has 1 aliphatic carbocycles. The molecule has 14 heavy (non-hydrogen) atoms. The van der Waals surface area contributed by atoms with Gasteiger partial charge in [-0.3, -0.25) is 0 Å². The van der Waals surface area contributed by atoms with Crippen molar-refractivity contribution >= 4 is 0 Å². The van der Waals surface area contributed by atoms with Crippen LogP contribution in [0.25, 0.3) is 0 Å². The smallest absolute Gasteiger partial charge is 0.0497 e. The lowest BCUT2D eigenvalue weighted by molar-refractivity contribution is 0.0264. The highest BCUT2D eigenvalue weighted by Gasteiger charge is 2.33. The average molecular weight is 197 g/mol. The van der Waals surface area contributed by atoms with E-state index in [2.05, 4.69) is 12.2 Å². The topological polar surface area (TPSA) is 21.3 Å². The fourth-order valence-corrected chi connectivity index (χ4v) is 3.17. The Balaban J connectivity index is 1.87. The number of ether oxygens (including phenoxy) is 1. The second kappa shape index (κ2) is 5.13. The summed E-state index contributed by atoms with van der Waals surface area (Å²) in [5.41, 5.74) is 0. The molecule has 1 aliphatic heterocycles. The Hall–Kier alpha value is -0.0800. The molecule has 3 unspecified atom stereocenters. The van der Waals surface area contributed by atoms with Crippen LogP contribution in [-0.4, -0.2) is 25.8 Å². The molecule has 0 spiro atoms. The molecule has 1 saturated heterocycles. The summed E-state index contributed by atoms with van der Waals surface area (Å²) >= 11 is 0. The summed E-state index contributed by atoms with van der Waals surface area (Å²) in [6.45, 7) is 5.35. The third kappa shape index (κ3) is 2.29. The van der Waals surface area contributed by atoms with E-state index in [9.17, 15) is 0 Å². The molecule has 2 nitrogen and oxygen atoms in total. The first kappa shape index (κ1) is 10.4. The van der Waals surface area contributed by atoms with Crippen molar-refractivity contribution in [3.05, 3.63) is 0 Å². The lowest BCUT2D eigenvalue weighted by Gasteiger charge is -2.31. The molecule has 0 aromatic rings. The van der Waals surface area contributed by atoms with Crippen molar-refractivity contribution in [2.24, 2.45) is 11.8 Å². The van der Waals surface area contributed by atoms with E-state index in [1.807, 2.05) is 0 Å². The maximum atomic E-state index is 5.59. The van der Waals surface area contributed by atoms with Gasteiger partial charge in [-0.2, -0.15) is 0 Å². The van der Waals surface area contributed by atoms with E-state index in [4.69, 9.17) is 4.74 Å². The van der Waals surface area contributed by atoms with E-state index in [0.29, 0.717) is 0 Å². The highest BCUT2D eigenvalue weighted by atomic mass is 16.5. The fourth-order valence-electron chi connectivity index (χ4n) is 3.17. The van der Waals surface area contributed by atoms with E-state index in [1.165, 1.54) is 32.1 Å². The lowest BCUT2D eigenvalue weighted by atomic mass is 9.84. The Morgan fingerprint density at radius 2 is 2.14 bits per heavy atom. The largest absolute Gasteiger partial charge is 0.381 e. The lowest BCUT2D eigenvalue weighted by Crippen LogP contribution is -2.38. The van der Waals surface area contributed by atoms with Gasteiger partial charge in [-0.05, 0) is 44.1 Å².